The molecular formula is C9H19IN2O. The van der Waals surface area contributed by atoms with Gasteiger partial charge in [-0.1, -0.05) is 0 Å². The lowest BCUT2D eigenvalue weighted by atomic mass is 10.1. The van der Waals surface area contributed by atoms with Gasteiger partial charge < -0.3 is 9.64 Å². The van der Waals surface area contributed by atoms with Gasteiger partial charge in [-0.15, -0.1) is 0 Å². The zero-order chi connectivity index (χ0) is 9.68. The molecule has 3 nitrogen and oxygen atoms in total. The standard InChI is InChI=1S/C9H19IN2O/c1-11(7-8-13-2)9-3-5-12(10)6-4-9/h9H,3-8H2,1-2H3. The van der Waals surface area contributed by atoms with Gasteiger partial charge in [0.2, 0.25) is 0 Å². The van der Waals surface area contributed by atoms with Gasteiger partial charge >= 0.3 is 0 Å². The van der Waals surface area contributed by atoms with Gasteiger partial charge in [-0.05, 0) is 19.9 Å². The van der Waals surface area contributed by atoms with E-state index in [-0.39, 0.29) is 0 Å². The molecule has 0 saturated carbocycles. The van der Waals surface area contributed by atoms with E-state index in [2.05, 4.69) is 37.9 Å². The van der Waals surface area contributed by atoms with E-state index in [4.69, 9.17) is 4.74 Å². The van der Waals surface area contributed by atoms with Gasteiger partial charge in [-0.3, -0.25) is 0 Å². The molecule has 0 aromatic carbocycles. The average molecular weight is 298 g/mol. The van der Waals surface area contributed by atoms with Crippen molar-refractivity contribution >= 4 is 22.9 Å². The molecule has 0 aromatic rings. The Morgan fingerprint density at radius 2 is 2.08 bits per heavy atom. The largest absolute Gasteiger partial charge is 0.383 e. The highest BCUT2D eigenvalue weighted by Gasteiger charge is 2.20. The Kier molecular flexibility index (Phi) is 5.54. The van der Waals surface area contributed by atoms with Crippen LogP contribution in [0.25, 0.3) is 0 Å². The molecule has 0 radical (unpaired) electrons. The SMILES string of the molecule is COCCN(C)C1CCN(I)CC1. The summed E-state index contributed by atoms with van der Waals surface area (Å²) < 4.78 is 7.44. The van der Waals surface area contributed by atoms with E-state index in [9.17, 15) is 0 Å². The zero-order valence-corrected chi connectivity index (χ0v) is 10.7. The minimum absolute atomic E-state index is 0.765. The van der Waals surface area contributed by atoms with E-state index >= 15 is 0 Å². The maximum atomic E-state index is 5.07. The van der Waals surface area contributed by atoms with Crippen molar-refractivity contribution in [1.29, 1.82) is 0 Å². The van der Waals surface area contributed by atoms with E-state index in [1.54, 1.807) is 7.11 Å². The fourth-order valence-corrected chi connectivity index (χ4v) is 2.25. The topological polar surface area (TPSA) is 15.7 Å². The Morgan fingerprint density at radius 3 is 2.62 bits per heavy atom. The van der Waals surface area contributed by atoms with Crippen LogP contribution in [0, 0.1) is 0 Å². The highest BCUT2D eigenvalue weighted by Crippen LogP contribution is 2.17. The smallest absolute Gasteiger partial charge is 0.0589 e. The Morgan fingerprint density at radius 1 is 1.46 bits per heavy atom. The van der Waals surface area contributed by atoms with Gasteiger partial charge in [-0.25, -0.2) is 3.11 Å². The molecule has 1 aliphatic heterocycles. The second-order valence-electron chi connectivity index (χ2n) is 3.61. The first kappa shape index (κ1) is 11.7. The molecule has 13 heavy (non-hydrogen) atoms. The van der Waals surface area contributed by atoms with Crippen molar-refractivity contribution in [2.24, 2.45) is 0 Å². The summed E-state index contributed by atoms with van der Waals surface area (Å²) in [5.41, 5.74) is 0. The Bertz CT molecular complexity index is 138. The number of hydrogen-bond donors (Lipinski definition) is 0. The predicted octanol–water partition coefficient (Wildman–Crippen LogP) is 1.38. The molecule has 0 aliphatic carbocycles. The van der Waals surface area contributed by atoms with E-state index in [0.29, 0.717) is 0 Å². The predicted molar refractivity (Wildman–Crippen MR) is 63.1 cm³/mol. The number of likely N-dealkylation sites (N-methyl/N-ethyl adjacent to an activating group) is 1. The second-order valence-corrected chi connectivity index (χ2v) is 4.98. The lowest BCUT2D eigenvalue weighted by Crippen LogP contribution is -2.41. The molecule has 1 aliphatic rings. The number of methoxy groups -OCH3 is 1. The molecule has 0 bridgehead atoms. The van der Waals surface area contributed by atoms with Gasteiger partial charge in [0.1, 0.15) is 0 Å². The van der Waals surface area contributed by atoms with Crippen molar-refractivity contribution in [1.82, 2.24) is 8.01 Å². The minimum atomic E-state index is 0.765. The van der Waals surface area contributed by atoms with Crippen LogP contribution in [0.2, 0.25) is 0 Å². The molecule has 1 rings (SSSR count). The fourth-order valence-electron chi connectivity index (χ4n) is 1.69. The van der Waals surface area contributed by atoms with Crippen LogP contribution in [0.15, 0.2) is 0 Å². The van der Waals surface area contributed by atoms with Gasteiger partial charge in [0.15, 0.2) is 0 Å². The van der Waals surface area contributed by atoms with E-state index in [1.807, 2.05) is 0 Å². The number of halogens is 1. The summed E-state index contributed by atoms with van der Waals surface area (Å²) in [5.74, 6) is 0. The van der Waals surface area contributed by atoms with E-state index in [1.165, 1.54) is 25.9 Å². The first-order valence-electron chi connectivity index (χ1n) is 4.84. The maximum Gasteiger partial charge on any atom is 0.0589 e. The van der Waals surface area contributed by atoms with Gasteiger partial charge in [0.05, 0.1) is 6.61 Å². The summed E-state index contributed by atoms with van der Waals surface area (Å²) in [4.78, 5) is 2.42. The molecule has 1 heterocycles. The molecule has 4 heteroatoms. The van der Waals surface area contributed by atoms with Crippen molar-refractivity contribution in [3.05, 3.63) is 0 Å². The van der Waals surface area contributed by atoms with Crippen LogP contribution in [0.5, 0.6) is 0 Å². The number of piperidine rings is 1. The number of ether oxygens (including phenoxy) is 1. The summed E-state index contributed by atoms with van der Waals surface area (Å²) in [6.07, 6.45) is 2.59. The van der Waals surface area contributed by atoms with Crippen molar-refractivity contribution in [2.75, 3.05) is 40.4 Å². The third-order valence-corrected chi connectivity index (χ3v) is 3.65. The number of hydrogen-bond acceptors (Lipinski definition) is 3. The summed E-state index contributed by atoms with van der Waals surface area (Å²) in [7, 11) is 3.97. The van der Waals surface area contributed by atoms with E-state index < -0.39 is 0 Å². The van der Waals surface area contributed by atoms with Crippen molar-refractivity contribution in [3.63, 3.8) is 0 Å². The molecule has 0 N–H and O–H groups in total. The molecule has 0 amide bonds. The highest BCUT2D eigenvalue weighted by molar-refractivity contribution is 14.1. The van der Waals surface area contributed by atoms with E-state index in [0.717, 1.165) is 19.2 Å². The second kappa shape index (κ2) is 6.16. The van der Waals surface area contributed by atoms with Crippen molar-refractivity contribution < 1.29 is 4.74 Å². The highest BCUT2D eigenvalue weighted by atomic mass is 127. The molecule has 78 valence electrons. The average Bonchev–Trinajstić information content (AvgIpc) is 2.15. The Hall–Kier alpha value is 0.610. The third kappa shape index (κ3) is 4.10. The first-order chi connectivity index (χ1) is 6.24. The van der Waals surface area contributed by atoms with Crippen LogP contribution in [0.3, 0.4) is 0 Å². The first-order valence-corrected chi connectivity index (χ1v) is 5.80. The molecule has 0 atom stereocenters. The van der Waals surface area contributed by atoms with Gasteiger partial charge in [0, 0.05) is 55.7 Å². The lowest BCUT2D eigenvalue weighted by molar-refractivity contribution is 0.119. The molecular weight excluding hydrogens is 279 g/mol. The monoisotopic (exact) mass is 298 g/mol. The van der Waals surface area contributed by atoms with Crippen LogP contribution in [0.1, 0.15) is 12.8 Å². The normalized spacial score (nSPS) is 21.2. The van der Waals surface area contributed by atoms with Crippen LogP contribution in [-0.2, 0) is 4.74 Å². The lowest BCUT2D eigenvalue weighted by Gasteiger charge is -2.33. The minimum Gasteiger partial charge on any atom is -0.383 e. The van der Waals surface area contributed by atoms with Crippen LogP contribution in [-0.4, -0.2) is 54.5 Å². The molecule has 1 saturated heterocycles. The summed E-state index contributed by atoms with van der Waals surface area (Å²) in [5, 5.41) is 0. The fraction of sp³-hybridized carbons (Fsp3) is 1.00. The third-order valence-electron chi connectivity index (χ3n) is 2.68. The number of nitrogens with zero attached hydrogens (tertiary/aromatic N) is 2. The molecule has 0 aromatic heterocycles. The van der Waals surface area contributed by atoms with Crippen LogP contribution >= 0.6 is 22.9 Å². The van der Waals surface area contributed by atoms with Crippen LogP contribution < -0.4 is 0 Å². The molecule has 1 fully saturated rings. The van der Waals surface area contributed by atoms with Gasteiger partial charge in [0.25, 0.3) is 0 Å². The van der Waals surface area contributed by atoms with Gasteiger partial charge in [-0.2, -0.15) is 0 Å². The summed E-state index contributed by atoms with van der Waals surface area (Å²) in [6.45, 7) is 4.36. The van der Waals surface area contributed by atoms with Crippen molar-refractivity contribution in [2.45, 2.75) is 18.9 Å². The Labute approximate surface area is 94.9 Å². The zero-order valence-electron chi connectivity index (χ0n) is 8.50. The number of rotatable bonds is 4. The van der Waals surface area contributed by atoms with Crippen molar-refractivity contribution in [3.8, 4) is 0 Å². The molecule has 0 spiro atoms. The summed E-state index contributed by atoms with van der Waals surface area (Å²) in [6, 6.07) is 0.765. The molecule has 0 unspecified atom stereocenters. The maximum absolute atomic E-state index is 5.07. The Balaban J connectivity index is 2.19. The van der Waals surface area contributed by atoms with Crippen LogP contribution in [0.4, 0.5) is 0 Å². The summed E-state index contributed by atoms with van der Waals surface area (Å²) >= 11 is 2.41. The quantitative estimate of drug-likeness (QED) is 0.576.